The van der Waals surface area contributed by atoms with Crippen LogP contribution in [0.15, 0.2) is 18.2 Å². The number of nitrogens with zero attached hydrogens (tertiary/aromatic N) is 1. The summed E-state index contributed by atoms with van der Waals surface area (Å²) in [5.74, 6) is -0.305. The molecule has 1 aliphatic rings. The Labute approximate surface area is 120 Å². The Morgan fingerprint density at radius 2 is 2.15 bits per heavy atom. The van der Waals surface area contributed by atoms with Gasteiger partial charge in [-0.1, -0.05) is 33.3 Å². The average molecular weight is 275 g/mol. The van der Waals surface area contributed by atoms with E-state index in [1.807, 2.05) is 6.07 Å². The zero-order valence-electron chi connectivity index (χ0n) is 12.4. The van der Waals surface area contributed by atoms with Crippen LogP contribution in [0.1, 0.15) is 51.2 Å². The van der Waals surface area contributed by atoms with Crippen molar-refractivity contribution in [2.75, 3.05) is 0 Å². The first-order chi connectivity index (χ1) is 9.30. The molecule has 2 nitrogen and oxygen atoms in total. The average Bonchev–Trinajstić information content (AvgIpc) is 2.38. The van der Waals surface area contributed by atoms with E-state index in [1.165, 1.54) is 6.07 Å². The molecule has 1 aromatic rings. The standard InChI is InChI=1S/C17H22FNO/c1-12-5-4-8-16(2,3)17(12,20)10-13-6-7-15(18)14(9-13)11-19/h6-7,9,12,20H,4-5,8,10H2,1-3H3/t12-,17-/m0/s1. The zero-order chi connectivity index (χ0) is 15.0. The second-order valence-corrected chi connectivity index (χ2v) is 6.70. The van der Waals surface area contributed by atoms with Gasteiger partial charge >= 0.3 is 0 Å². The molecular weight excluding hydrogens is 253 g/mol. The monoisotopic (exact) mass is 275 g/mol. The van der Waals surface area contributed by atoms with Gasteiger partial charge in [-0.3, -0.25) is 0 Å². The number of halogens is 1. The summed E-state index contributed by atoms with van der Waals surface area (Å²) in [7, 11) is 0. The summed E-state index contributed by atoms with van der Waals surface area (Å²) in [6.45, 7) is 6.27. The van der Waals surface area contributed by atoms with Crippen LogP contribution in [-0.4, -0.2) is 10.7 Å². The molecule has 3 heteroatoms. The van der Waals surface area contributed by atoms with Crippen molar-refractivity contribution < 1.29 is 9.50 Å². The first kappa shape index (κ1) is 15.0. The smallest absolute Gasteiger partial charge is 0.140 e. The lowest BCUT2D eigenvalue weighted by Gasteiger charge is -2.51. The molecule has 1 saturated carbocycles. The summed E-state index contributed by atoms with van der Waals surface area (Å²) < 4.78 is 13.4. The molecular formula is C17H22FNO. The summed E-state index contributed by atoms with van der Waals surface area (Å²) in [4.78, 5) is 0. The van der Waals surface area contributed by atoms with Crippen molar-refractivity contribution in [1.82, 2.24) is 0 Å². The highest BCUT2D eigenvalue weighted by Crippen LogP contribution is 2.48. The van der Waals surface area contributed by atoms with Gasteiger partial charge in [-0.2, -0.15) is 5.26 Å². The lowest BCUT2D eigenvalue weighted by Crippen LogP contribution is -2.54. The maximum Gasteiger partial charge on any atom is 0.140 e. The number of nitriles is 1. The Kier molecular flexibility index (Phi) is 3.88. The van der Waals surface area contributed by atoms with Gasteiger partial charge in [-0.25, -0.2) is 4.39 Å². The van der Waals surface area contributed by atoms with E-state index in [0.717, 1.165) is 24.8 Å². The van der Waals surface area contributed by atoms with Gasteiger partial charge in [0.15, 0.2) is 0 Å². The van der Waals surface area contributed by atoms with Crippen LogP contribution >= 0.6 is 0 Å². The molecule has 20 heavy (non-hydrogen) atoms. The van der Waals surface area contributed by atoms with Crippen LogP contribution in [0.2, 0.25) is 0 Å². The molecule has 0 radical (unpaired) electrons. The van der Waals surface area contributed by atoms with E-state index in [2.05, 4.69) is 20.8 Å². The Morgan fingerprint density at radius 3 is 2.75 bits per heavy atom. The van der Waals surface area contributed by atoms with Crippen molar-refractivity contribution in [3.8, 4) is 6.07 Å². The fourth-order valence-electron chi connectivity index (χ4n) is 3.47. The number of rotatable bonds is 2. The van der Waals surface area contributed by atoms with Gasteiger partial charge < -0.3 is 5.11 Å². The fourth-order valence-corrected chi connectivity index (χ4v) is 3.47. The van der Waals surface area contributed by atoms with E-state index < -0.39 is 11.4 Å². The molecule has 0 amide bonds. The Bertz CT molecular complexity index is 546. The molecule has 0 saturated heterocycles. The first-order valence-corrected chi connectivity index (χ1v) is 7.21. The molecule has 0 bridgehead atoms. The van der Waals surface area contributed by atoms with Gasteiger partial charge in [0.05, 0.1) is 11.2 Å². The molecule has 0 heterocycles. The summed E-state index contributed by atoms with van der Waals surface area (Å²) in [6, 6.07) is 6.41. The second kappa shape index (κ2) is 5.18. The zero-order valence-corrected chi connectivity index (χ0v) is 12.4. The lowest BCUT2D eigenvalue weighted by molar-refractivity contribution is -0.132. The normalized spacial score (nSPS) is 28.9. The molecule has 0 unspecified atom stereocenters. The number of hydrogen-bond acceptors (Lipinski definition) is 2. The quantitative estimate of drug-likeness (QED) is 0.891. The Morgan fingerprint density at radius 1 is 1.45 bits per heavy atom. The van der Waals surface area contributed by atoms with E-state index in [4.69, 9.17) is 5.26 Å². The molecule has 1 aliphatic carbocycles. The summed E-state index contributed by atoms with van der Waals surface area (Å²) in [5.41, 5.74) is -0.110. The van der Waals surface area contributed by atoms with Crippen LogP contribution in [0.5, 0.6) is 0 Å². The summed E-state index contributed by atoms with van der Waals surface area (Å²) in [6.07, 6.45) is 3.59. The molecule has 1 N–H and O–H groups in total. The summed E-state index contributed by atoms with van der Waals surface area (Å²) in [5, 5.41) is 20.1. The predicted molar refractivity (Wildman–Crippen MR) is 76.6 cm³/mol. The Balaban J connectivity index is 2.34. The molecule has 2 rings (SSSR count). The minimum Gasteiger partial charge on any atom is -0.389 e. The second-order valence-electron chi connectivity index (χ2n) is 6.70. The van der Waals surface area contributed by atoms with Crippen LogP contribution in [-0.2, 0) is 6.42 Å². The molecule has 1 aromatic carbocycles. The van der Waals surface area contributed by atoms with E-state index in [1.54, 1.807) is 12.1 Å². The minimum atomic E-state index is -0.810. The number of aliphatic hydroxyl groups is 1. The topological polar surface area (TPSA) is 44.0 Å². The maximum atomic E-state index is 13.4. The largest absolute Gasteiger partial charge is 0.389 e. The highest BCUT2D eigenvalue weighted by molar-refractivity contribution is 5.35. The van der Waals surface area contributed by atoms with Gasteiger partial charge in [0.1, 0.15) is 11.9 Å². The van der Waals surface area contributed by atoms with Crippen molar-refractivity contribution in [2.45, 2.75) is 52.1 Å². The fraction of sp³-hybridized carbons (Fsp3) is 0.588. The van der Waals surface area contributed by atoms with Crippen LogP contribution in [0, 0.1) is 28.5 Å². The predicted octanol–water partition coefficient (Wildman–Crippen LogP) is 3.82. The molecule has 0 spiro atoms. The molecule has 1 fully saturated rings. The van der Waals surface area contributed by atoms with E-state index in [9.17, 15) is 9.50 Å². The number of benzene rings is 1. The van der Waals surface area contributed by atoms with Crippen LogP contribution in [0.3, 0.4) is 0 Å². The van der Waals surface area contributed by atoms with Crippen LogP contribution in [0.25, 0.3) is 0 Å². The van der Waals surface area contributed by atoms with Gasteiger partial charge in [-0.15, -0.1) is 0 Å². The van der Waals surface area contributed by atoms with Crippen molar-refractivity contribution in [3.63, 3.8) is 0 Å². The van der Waals surface area contributed by atoms with Crippen molar-refractivity contribution in [1.29, 1.82) is 5.26 Å². The van der Waals surface area contributed by atoms with Gasteiger partial charge in [0.25, 0.3) is 0 Å². The maximum absolute atomic E-state index is 13.4. The highest BCUT2D eigenvalue weighted by Gasteiger charge is 2.49. The first-order valence-electron chi connectivity index (χ1n) is 7.21. The van der Waals surface area contributed by atoms with E-state index in [0.29, 0.717) is 6.42 Å². The molecule has 108 valence electrons. The van der Waals surface area contributed by atoms with Crippen molar-refractivity contribution in [2.24, 2.45) is 11.3 Å². The van der Waals surface area contributed by atoms with Crippen LogP contribution < -0.4 is 0 Å². The SMILES string of the molecule is C[C@H]1CCCC(C)(C)[C@]1(O)Cc1ccc(F)c(C#N)c1. The van der Waals surface area contributed by atoms with Crippen molar-refractivity contribution >= 4 is 0 Å². The third kappa shape index (κ3) is 2.45. The molecule has 0 aromatic heterocycles. The number of hydrogen-bond donors (Lipinski definition) is 1. The van der Waals surface area contributed by atoms with Gasteiger partial charge in [0.2, 0.25) is 0 Å². The Hall–Kier alpha value is -1.40. The van der Waals surface area contributed by atoms with Gasteiger partial charge in [0, 0.05) is 6.42 Å². The van der Waals surface area contributed by atoms with E-state index >= 15 is 0 Å². The minimum absolute atomic E-state index is 0.0485. The van der Waals surface area contributed by atoms with Crippen LogP contribution in [0.4, 0.5) is 4.39 Å². The molecule has 2 atom stereocenters. The van der Waals surface area contributed by atoms with Crippen molar-refractivity contribution in [3.05, 3.63) is 35.1 Å². The third-order valence-corrected chi connectivity index (χ3v) is 5.05. The third-order valence-electron chi connectivity index (χ3n) is 5.05. The summed E-state index contributed by atoms with van der Waals surface area (Å²) >= 11 is 0. The molecule has 0 aliphatic heterocycles. The highest BCUT2D eigenvalue weighted by atomic mass is 19.1. The van der Waals surface area contributed by atoms with Gasteiger partial charge in [-0.05, 0) is 41.9 Å². The van der Waals surface area contributed by atoms with E-state index in [-0.39, 0.29) is 16.9 Å². The lowest BCUT2D eigenvalue weighted by atomic mass is 9.59.